The molecule has 0 saturated carbocycles. The molecule has 1 amide bonds. The van der Waals surface area contributed by atoms with Crippen molar-refractivity contribution < 1.29 is 23.8 Å². The van der Waals surface area contributed by atoms with Crippen LogP contribution >= 0.6 is 0 Å². The van der Waals surface area contributed by atoms with E-state index in [1.165, 1.54) is 26.2 Å². The van der Waals surface area contributed by atoms with Gasteiger partial charge in [0.05, 0.1) is 14.2 Å². The Labute approximate surface area is 94.4 Å². The first kappa shape index (κ1) is 12.8. The minimum absolute atomic E-state index is 0.426. The van der Waals surface area contributed by atoms with E-state index >= 15 is 0 Å². The highest BCUT2D eigenvalue weighted by atomic mass is 16.6. The van der Waals surface area contributed by atoms with Crippen LogP contribution in [-0.2, 0) is 19.0 Å². The number of piperidine rings is 1. The van der Waals surface area contributed by atoms with Crippen LogP contribution in [0.15, 0.2) is 0 Å². The second-order valence-corrected chi connectivity index (χ2v) is 3.54. The van der Waals surface area contributed by atoms with Crippen molar-refractivity contribution in [1.82, 2.24) is 4.90 Å². The highest BCUT2D eigenvalue weighted by molar-refractivity contribution is 5.81. The Balaban J connectivity index is 2.87. The van der Waals surface area contributed by atoms with E-state index in [0.29, 0.717) is 12.8 Å². The molecule has 0 aromatic heterocycles. The van der Waals surface area contributed by atoms with Crippen molar-refractivity contribution in [3.63, 3.8) is 0 Å². The van der Waals surface area contributed by atoms with Crippen LogP contribution in [0.25, 0.3) is 0 Å². The molecule has 0 aromatic carbocycles. The molecular formula is C10H17NO5. The summed E-state index contributed by atoms with van der Waals surface area (Å²) in [7, 11) is 4.08. The van der Waals surface area contributed by atoms with E-state index in [0.717, 1.165) is 6.42 Å². The van der Waals surface area contributed by atoms with E-state index in [1.807, 2.05) is 0 Å². The fourth-order valence-corrected chi connectivity index (χ4v) is 1.91. The molecule has 1 saturated heterocycles. The Hall–Kier alpha value is -1.30. The standard InChI is InChI=1S/C10H17NO5/c1-14-8-6-4-5-7(9(12)15-2)11(8)10(13)16-3/h7-8H,4-6H2,1-3H3/t7-,8+/m0/s1. The van der Waals surface area contributed by atoms with E-state index in [-0.39, 0.29) is 0 Å². The molecule has 1 aliphatic rings. The second-order valence-electron chi connectivity index (χ2n) is 3.54. The first-order chi connectivity index (χ1) is 7.65. The zero-order chi connectivity index (χ0) is 12.1. The number of esters is 1. The predicted octanol–water partition coefficient (Wildman–Crippen LogP) is 0.753. The molecule has 0 bridgehead atoms. The molecule has 0 radical (unpaired) electrons. The van der Waals surface area contributed by atoms with Crippen LogP contribution in [0.4, 0.5) is 4.79 Å². The lowest BCUT2D eigenvalue weighted by Gasteiger charge is -2.38. The van der Waals surface area contributed by atoms with E-state index in [2.05, 4.69) is 9.47 Å². The van der Waals surface area contributed by atoms with E-state index in [1.54, 1.807) is 0 Å². The number of amides is 1. The molecule has 6 nitrogen and oxygen atoms in total. The molecule has 1 fully saturated rings. The van der Waals surface area contributed by atoms with Gasteiger partial charge >= 0.3 is 12.1 Å². The van der Waals surface area contributed by atoms with Gasteiger partial charge in [-0.15, -0.1) is 0 Å². The molecule has 0 aromatic rings. The van der Waals surface area contributed by atoms with E-state index in [4.69, 9.17) is 4.74 Å². The average molecular weight is 231 g/mol. The minimum atomic E-state index is -0.615. The summed E-state index contributed by atoms with van der Waals surface area (Å²) >= 11 is 0. The smallest absolute Gasteiger partial charge is 0.412 e. The molecule has 16 heavy (non-hydrogen) atoms. The molecule has 1 aliphatic heterocycles. The number of methoxy groups -OCH3 is 3. The van der Waals surface area contributed by atoms with Crippen LogP contribution in [0.5, 0.6) is 0 Å². The molecule has 1 heterocycles. The molecule has 0 unspecified atom stereocenters. The van der Waals surface area contributed by atoms with Crippen LogP contribution < -0.4 is 0 Å². The maximum absolute atomic E-state index is 11.6. The Kier molecular flexibility index (Phi) is 4.54. The summed E-state index contributed by atoms with van der Waals surface area (Å²) in [6.45, 7) is 0. The number of hydrogen-bond acceptors (Lipinski definition) is 5. The molecule has 0 spiro atoms. The van der Waals surface area contributed by atoms with Gasteiger partial charge in [0.25, 0.3) is 0 Å². The number of carbonyl (C=O) groups excluding carboxylic acids is 2. The maximum atomic E-state index is 11.6. The fourth-order valence-electron chi connectivity index (χ4n) is 1.91. The van der Waals surface area contributed by atoms with Crippen LogP contribution in [-0.4, -0.2) is 50.6 Å². The molecule has 92 valence electrons. The minimum Gasteiger partial charge on any atom is -0.467 e. The summed E-state index contributed by atoms with van der Waals surface area (Å²) in [5.41, 5.74) is 0. The monoisotopic (exact) mass is 231 g/mol. The fraction of sp³-hybridized carbons (Fsp3) is 0.800. The Bertz CT molecular complexity index is 268. The summed E-state index contributed by atoms with van der Waals surface area (Å²) in [5, 5.41) is 0. The largest absolute Gasteiger partial charge is 0.467 e. The summed E-state index contributed by atoms with van der Waals surface area (Å²) in [4.78, 5) is 24.4. The van der Waals surface area contributed by atoms with E-state index < -0.39 is 24.3 Å². The third-order valence-corrected chi connectivity index (χ3v) is 2.71. The Morgan fingerprint density at radius 1 is 1.12 bits per heavy atom. The molecule has 0 N–H and O–H groups in total. The summed E-state index contributed by atoms with van der Waals surface area (Å²) < 4.78 is 14.5. The molecule has 6 heteroatoms. The van der Waals surface area contributed by atoms with Crippen molar-refractivity contribution in [2.75, 3.05) is 21.3 Å². The third kappa shape index (κ3) is 2.44. The maximum Gasteiger partial charge on any atom is 0.412 e. The van der Waals surface area contributed by atoms with Crippen molar-refractivity contribution in [2.24, 2.45) is 0 Å². The number of hydrogen-bond donors (Lipinski definition) is 0. The van der Waals surface area contributed by atoms with Gasteiger partial charge in [0.2, 0.25) is 0 Å². The molecule has 2 atom stereocenters. The number of likely N-dealkylation sites (tertiary alicyclic amines) is 1. The van der Waals surface area contributed by atoms with Gasteiger partial charge in [0.15, 0.2) is 0 Å². The van der Waals surface area contributed by atoms with Gasteiger partial charge in [-0.05, 0) is 19.3 Å². The third-order valence-electron chi connectivity index (χ3n) is 2.71. The number of carbonyl (C=O) groups is 2. The summed E-state index contributed by atoms with van der Waals surface area (Å²) in [5.74, 6) is -0.438. The molecular weight excluding hydrogens is 214 g/mol. The highest BCUT2D eigenvalue weighted by Gasteiger charge is 2.39. The highest BCUT2D eigenvalue weighted by Crippen LogP contribution is 2.24. The Morgan fingerprint density at radius 2 is 1.81 bits per heavy atom. The molecule has 1 rings (SSSR count). The predicted molar refractivity (Wildman–Crippen MR) is 54.7 cm³/mol. The average Bonchev–Trinajstić information content (AvgIpc) is 2.35. The van der Waals surface area contributed by atoms with Gasteiger partial charge in [-0.3, -0.25) is 4.90 Å². The quantitative estimate of drug-likeness (QED) is 0.656. The van der Waals surface area contributed by atoms with Gasteiger partial charge < -0.3 is 14.2 Å². The van der Waals surface area contributed by atoms with Crippen molar-refractivity contribution >= 4 is 12.1 Å². The lowest BCUT2D eigenvalue weighted by atomic mass is 10.0. The van der Waals surface area contributed by atoms with Gasteiger partial charge in [0, 0.05) is 7.11 Å². The van der Waals surface area contributed by atoms with Crippen LogP contribution in [0.1, 0.15) is 19.3 Å². The first-order valence-electron chi connectivity index (χ1n) is 5.12. The van der Waals surface area contributed by atoms with Crippen molar-refractivity contribution in [2.45, 2.75) is 31.5 Å². The van der Waals surface area contributed by atoms with Crippen molar-refractivity contribution in [3.8, 4) is 0 Å². The van der Waals surface area contributed by atoms with E-state index in [9.17, 15) is 9.59 Å². The summed E-state index contributed by atoms with van der Waals surface area (Å²) in [6, 6.07) is -0.615. The number of nitrogens with zero attached hydrogens (tertiary/aromatic N) is 1. The van der Waals surface area contributed by atoms with Crippen LogP contribution in [0.3, 0.4) is 0 Å². The van der Waals surface area contributed by atoms with Gasteiger partial charge in [-0.2, -0.15) is 0 Å². The van der Waals surface area contributed by atoms with Crippen molar-refractivity contribution in [3.05, 3.63) is 0 Å². The molecule has 0 aliphatic carbocycles. The van der Waals surface area contributed by atoms with Gasteiger partial charge in [0.1, 0.15) is 12.3 Å². The van der Waals surface area contributed by atoms with Crippen LogP contribution in [0, 0.1) is 0 Å². The van der Waals surface area contributed by atoms with Crippen LogP contribution in [0.2, 0.25) is 0 Å². The number of rotatable bonds is 2. The normalized spacial score (nSPS) is 25.1. The second kappa shape index (κ2) is 5.69. The summed E-state index contributed by atoms with van der Waals surface area (Å²) in [6.07, 6.45) is 1.08. The number of ether oxygens (including phenoxy) is 3. The lowest BCUT2D eigenvalue weighted by molar-refractivity contribution is -0.155. The SMILES string of the molecule is COC(=O)[C@@H]1CCC[C@@H](OC)N1C(=O)OC. The van der Waals surface area contributed by atoms with Crippen molar-refractivity contribution in [1.29, 1.82) is 0 Å². The lowest BCUT2D eigenvalue weighted by Crippen LogP contribution is -2.54. The zero-order valence-corrected chi connectivity index (χ0v) is 9.76. The zero-order valence-electron chi connectivity index (χ0n) is 9.76. The Morgan fingerprint density at radius 3 is 2.31 bits per heavy atom. The topological polar surface area (TPSA) is 65.1 Å². The van der Waals surface area contributed by atoms with Gasteiger partial charge in [-0.1, -0.05) is 0 Å². The first-order valence-corrected chi connectivity index (χ1v) is 5.12. The van der Waals surface area contributed by atoms with Gasteiger partial charge in [-0.25, -0.2) is 9.59 Å².